The molecule has 2 rings (SSSR count). The lowest BCUT2D eigenvalue weighted by Gasteiger charge is -2.07. The first-order valence-electron chi connectivity index (χ1n) is 6.50. The van der Waals surface area contributed by atoms with Crippen LogP contribution in [0.4, 0.5) is 11.4 Å². The Morgan fingerprint density at radius 2 is 1.78 bits per heavy atom. The maximum absolute atomic E-state index is 12.2. The molecule has 118 valence electrons. The van der Waals surface area contributed by atoms with Crippen LogP contribution in [-0.4, -0.2) is 23.8 Å². The van der Waals surface area contributed by atoms with Gasteiger partial charge in [-0.25, -0.2) is 0 Å². The van der Waals surface area contributed by atoms with Crippen molar-refractivity contribution in [1.29, 1.82) is 0 Å². The summed E-state index contributed by atoms with van der Waals surface area (Å²) in [5.74, 6) is -0.782. The van der Waals surface area contributed by atoms with Gasteiger partial charge in [-0.3, -0.25) is 19.7 Å². The number of halogens is 1. The predicted molar refractivity (Wildman–Crippen MR) is 88.6 cm³/mol. The Morgan fingerprint density at radius 1 is 1.09 bits per heavy atom. The fourth-order valence-electron chi connectivity index (χ4n) is 1.88. The van der Waals surface area contributed by atoms with E-state index < -0.39 is 10.8 Å². The smallest absolute Gasteiger partial charge is 0.284 e. The van der Waals surface area contributed by atoms with E-state index in [4.69, 9.17) is 0 Å². The zero-order chi connectivity index (χ0) is 17.0. The fraction of sp³-hybridized carbons (Fsp3) is 0.0667. The van der Waals surface area contributed by atoms with Gasteiger partial charge < -0.3 is 10.6 Å². The zero-order valence-corrected chi connectivity index (χ0v) is 13.6. The molecule has 2 N–H and O–H groups in total. The number of hydrogen-bond donors (Lipinski definition) is 2. The van der Waals surface area contributed by atoms with Crippen molar-refractivity contribution in [1.82, 2.24) is 5.32 Å². The first-order chi connectivity index (χ1) is 10.9. The number of rotatable bonds is 4. The van der Waals surface area contributed by atoms with E-state index in [9.17, 15) is 19.7 Å². The van der Waals surface area contributed by atoms with Gasteiger partial charge in [-0.15, -0.1) is 0 Å². The predicted octanol–water partition coefficient (Wildman–Crippen LogP) is 2.97. The molecule has 0 spiro atoms. The highest BCUT2D eigenvalue weighted by atomic mass is 79.9. The standard InChI is InChI=1S/C15H12BrN3O4/c1-17-14(20)9-3-2-4-11(7-9)18-15(21)10-5-6-12(16)13(8-10)19(22)23/h2-8H,1H3,(H,17,20)(H,18,21). The van der Waals surface area contributed by atoms with Gasteiger partial charge in [0.15, 0.2) is 0 Å². The SMILES string of the molecule is CNC(=O)c1cccc(NC(=O)c2ccc(Br)c([N+](=O)[O-])c2)c1. The lowest BCUT2D eigenvalue weighted by Crippen LogP contribution is -2.18. The van der Waals surface area contributed by atoms with E-state index in [-0.39, 0.29) is 17.2 Å². The maximum atomic E-state index is 12.2. The van der Waals surface area contributed by atoms with Gasteiger partial charge in [0.2, 0.25) is 0 Å². The highest BCUT2D eigenvalue weighted by Crippen LogP contribution is 2.26. The molecular weight excluding hydrogens is 366 g/mol. The second-order valence-electron chi connectivity index (χ2n) is 4.54. The van der Waals surface area contributed by atoms with E-state index in [1.165, 1.54) is 31.3 Å². The number of benzene rings is 2. The van der Waals surface area contributed by atoms with Crippen molar-refractivity contribution >= 4 is 39.1 Å². The summed E-state index contributed by atoms with van der Waals surface area (Å²) in [6.45, 7) is 0. The summed E-state index contributed by atoms with van der Waals surface area (Å²) in [7, 11) is 1.51. The number of carbonyl (C=O) groups excluding carboxylic acids is 2. The number of nitrogens with zero attached hydrogens (tertiary/aromatic N) is 1. The van der Waals surface area contributed by atoms with Gasteiger partial charge in [0, 0.05) is 29.9 Å². The largest absolute Gasteiger partial charge is 0.355 e. The quantitative estimate of drug-likeness (QED) is 0.631. The van der Waals surface area contributed by atoms with E-state index in [0.29, 0.717) is 15.7 Å². The molecule has 0 aromatic heterocycles. The molecule has 0 saturated heterocycles. The molecule has 2 aromatic carbocycles. The van der Waals surface area contributed by atoms with E-state index >= 15 is 0 Å². The minimum absolute atomic E-state index is 0.144. The molecule has 2 amide bonds. The minimum Gasteiger partial charge on any atom is -0.355 e. The number of nitrogens with one attached hydrogen (secondary N) is 2. The molecule has 0 fully saturated rings. The molecule has 0 bridgehead atoms. The topological polar surface area (TPSA) is 101 Å². The molecular formula is C15H12BrN3O4. The molecule has 8 heteroatoms. The number of carbonyl (C=O) groups is 2. The molecule has 23 heavy (non-hydrogen) atoms. The molecule has 0 heterocycles. The number of anilines is 1. The Hall–Kier alpha value is -2.74. The normalized spacial score (nSPS) is 10.0. The monoisotopic (exact) mass is 377 g/mol. The van der Waals surface area contributed by atoms with Gasteiger partial charge in [0.25, 0.3) is 17.5 Å². The summed E-state index contributed by atoms with van der Waals surface area (Å²) in [5.41, 5.74) is 0.760. The van der Waals surface area contributed by atoms with Crippen LogP contribution in [0.3, 0.4) is 0 Å². The van der Waals surface area contributed by atoms with Crippen molar-refractivity contribution in [3.8, 4) is 0 Å². The lowest BCUT2D eigenvalue weighted by molar-refractivity contribution is -0.385. The van der Waals surface area contributed by atoms with Crippen LogP contribution in [-0.2, 0) is 0 Å². The van der Waals surface area contributed by atoms with Crippen molar-refractivity contribution in [2.24, 2.45) is 0 Å². The average molecular weight is 378 g/mol. The lowest BCUT2D eigenvalue weighted by atomic mass is 10.1. The second kappa shape index (κ2) is 7.01. The molecule has 0 atom stereocenters. The minimum atomic E-state index is -0.576. The molecule has 2 aromatic rings. The van der Waals surface area contributed by atoms with Gasteiger partial charge in [-0.05, 0) is 46.3 Å². The molecule has 0 radical (unpaired) electrons. The first kappa shape index (κ1) is 16.6. The van der Waals surface area contributed by atoms with Crippen molar-refractivity contribution in [3.63, 3.8) is 0 Å². The van der Waals surface area contributed by atoms with Crippen LogP contribution < -0.4 is 10.6 Å². The van der Waals surface area contributed by atoms with Crippen LogP contribution in [0.25, 0.3) is 0 Å². The summed E-state index contributed by atoms with van der Waals surface area (Å²) in [6.07, 6.45) is 0. The summed E-state index contributed by atoms with van der Waals surface area (Å²) in [4.78, 5) is 34.1. The van der Waals surface area contributed by atoms with E-state index in [0.717, 1.165) is 0 Å². The summed E-state index contributed by atoms with van der Waals surface area (Å²) in [6, 6.07) is 10.5. The average Bonchev–Trinajstić information content (AvgIpc) is 2.54. The summed E-state index contributed by atoms with van der Waals surface area (Å²) >= 11 is 3.06. The van der Waals surface area contributed by atoms with Crippen molar-refractivity contribution in [2.75, 3.05) is 12.4 Å². The van der Waals surface area contributed by atoms with E-state index in [1.807, 2.05) is 0 Å². The van der Waals surface area contributed by atoms with Gasteiger partial charge in [-0.1, -0.05) is 6.07 Å². The third kappa shape index (κ3) is 3.92. The Bertz CT molecular complexity index is 792. The van der Waals surface area contributed by atoms with Gasteiger partial charge in [0.1, 0.15) is 0 Å². The highest BCUT2D eigenvalue weighted by molar-refractivity contribution is 9.10. The molecule has 7 nitrogen and oxygen atoms in total. The Balaban J connectivity index is 2.24. The first-order valence-corrected chi connectivity index (χ1v) is 7.29. The summed E-state index contributed by atoms with van der Waals surface area (Å²) < 4.78 is 0.292. The molecule has 0 unspecified atom stereocenters. The van der Waals surface area contributed by atoms with E-state index in [1.54, 1.807) is 18.2 Å². The molecule has 0 aliphatic rings. The van der Waals surface area contributed by atoms with E-state index in [2.05, 4.69) is 26.6 Å². The number of nitro groups is 1. The molecule has 0 aliphatic carbocycles. The number of hydrogen-bond acceptors (Lipinski definition) is 4. The van der Waals surface area contributed by atoms with Crippen molar-refractivity contribution in [3.05, 3.63) is 68.2 Å². The summed E-state index contributed by atoms with van der Waals surface area (Å²) in [5, 5.41) is 16.0. The Labute approximate surface area is 140 Å². The van der Waals surface area contributed by atoms with Crippen LogP contribution in [0, 0.1) is 10.1 Å². The Morgan fingerprint density at radius 3 is 2.43 bits per heavy atom. The highest BCUT2D eigenvalue weighted by Gasteiger charge is 2.16. The molecule has 0 aliphatic heterocycles. The third-order valence-electron chi connectivity index (χ3n) is 3.01. The van der Waals surface area contributed by atoms with Crippen molar-refractivity contribution < 1.29 is 14.5 Å². The van der Waals surface area contributed by atoms with Crippen LogP contribution >= 0.6 is 15.9 Å². The van der Waals surface area contributed by atoms with Gasteiger partial charge >= 0.3 is 0 Å². The Kier molecular flexibility index (Phi) is 5.07. The zero-order valence-electron chi connectivity index (χ0n) is 12.0. The third-order valence-corrected chi connectivity index (χ3v) is 3.69. The van der Waals surface area contributed by atoms with Crippen LogP contribution in [0.2, 0.25) is 0 Å². The maximum Gasteiger partial charge on any atom is 0.284 e. The number of nitro benzene ring substituents is 1. The van der Waals surface area contributed by atoms with Crippen LogP contribution in [0.5, 0.6) is 0 Å². The fourth-order valence-corrected chi connectivity index (χ4v) is 2.27. The van der Waals surface area contributed by atoms with Gasteiger partial charge in [-0.2, -0.15) is 0 Å². The van der Waals surface area contributed by atoms with Crippen LogP contribution in [0.15, 0.2) is 46.9 Å². The van der Waals surface area contributed by atoms with Gasteiger partial charge in [0.05, 0.1) is 9.40 Å². The second-order valence-corrected chi connectivity index (χ2v) is 5.39. The molecule has 0 saturated carbocycles. The number of amides is 2. The van der Waals surface area contributed by atoms with Crippen molar-refractivity contribution in [2.45, 2.75) is 0 Å². The van der Waals surface area contributed by atoms with Crippen LogP contribution in [0.1, 0.15) is 20.7 Å².